The summed E-state index contributed by atoms with van der Waals surface area (Å²) >= 11 is 0. The SMILES string of the molecule is C#CC(CS(=O)(=O)c1ccccc1)C1O[C@H](CO[Si](c2ccccc2)(c2ccccc2)C(C)(C)C)C=C[C@H]1O. The molecule has 0 spiro atoms. The second-order valence-electron chi connectivity index (χ2n) is 10.9. The van der Waals surface area contributed by atoms with Crippen molar-refractivity contribution in [3.63, 3.8) is 0 Å². The van der Waals surface area contributed by atoms with Crippen LogP contribution in [0, 0.1) is 18.3 Å². The zero-order chi connectivity index (χ0) is 28.1. The van der Waals surface area contributed by atoms with Crippen molar-refractivity contribution in [2.45, 2.75) is 49.0 Å². The van der Waals surface area contributed by atoms with Crippen molar-refractivity contribution in [3.8, 4) is 12.3 Å². The molecule has 1 N–H and O–H groups in total. The van der Waals surface area contributed by atoms with Crippen LogP contribution in [0.1, 0.15) is 20.8 Å². The summed E-state index contributed by atoms with van der Waals surface area (Å²) in [5.74, 6) is 1.40. The molecular weight excluding hydrogens is 525 g/mol. The van der Waals surface area contributed by atoms with Gasteiger partial charge in [-0.1, -0.05) is 118 Å². The van der Waals surface area contributed by atoms with Gasteiger partial charge in [-0.05, 0) is 27.5 Å². The van der Waals surface area contributed by atoms with Crippen LogP contribution < -0.4 is 10.4 Å². The van der Waals surface area contributed by atoms with Crippen LogP contribution in [0.2, 0.25) is 5.04 Å². The molecule has 4 atom stereocenters. The number of rotatable bonds is 9. The Morgan fingerprint density at radius 2 is 1.44 bits per heavy atom. The van der Waals surface area contributed by atoms with Gasteiger partial charge in [0, 0.05) is 0 Å². The standard InChI is InChI=1S/C32H36O5SSi/c1-5-25(24-38(34,35)27-15-9-6-10-16-27)31-30(33)22-21-26(37-31)23-36-39(32(2,3)4,28-17-11-7-12-18-28)29-19-13-8-14-20-29/h1,6-22,25-26,30-31,33H,23-24H2,2-4H3/t25?,26-,30+,31?/m0/s1. The van der Waals surface area contributed by atoms with E-state index in [2.05, 4.69) is 51.0 Å². The minimum Gasteiger partial charge on any atom is -0.404 e. The molecule has 2 unspecified atom stereocenters. The van der Waals surface area contributed by atoms with Crippen molar-refractivity contribution >= 4 is 28.5 Å². The molecule has 4 rings (SSSR count). The van der Waals surface area contributed by atoms with Crippen molar-refractivity contribution in [2.75, 3.05) is 12.4 Å². The van der Waals surface area contributed by atoms with Gasteiger partial charge in [0.1, 0.15) is 6.10 Å². The van der Waals surface area contributed by atoms with Gasteiger partial charge in [0.2, 0.25) is 0 Å². The first kappa shape index (κ1) is 29.0. The Morgan fingerprint density at radius 1 is 0.923 bits per heavy atom. The van der Waals surface area contributed by atoms with E-state index >= 15 is 0 Å². The first-order chi connectivity index (χ1) is 18.6. The second-order valence-corrected chi connectivity index (χ2v) is 17.2. The Hall–Kier alpha value is -2.99. The van der Waals surface area contributed by atoms with E-state index in [-0.39, 0.29) is 22.3 Å². The molecule has 0 saturated carbocycles. The average molecular weight is 561 g/mol. The van der Waals surface area contributed by atoms with Crippen LogP contribution >= 0.6 is 0 Å². The summed E-state index contributed by atoms with van der Waals surface area (Å²) in [6.45, 7) is 6.83. The highest BCUT2D eigenvalue weighted by Gasteiger charge is 2.50. The fourth-order valence-corrected chi connectivity index (χ4v) is 11.4. The number of ether oxygens (including phenoxy) is 1. The lowest BCUT2D eigenvalue weighted by molar-refractivity contribution is -0.0824. The Morgan fingerprint density at radius 3 is 1.92 bits per heavy atom. The first-order valence-corrected chi connectivity index (χ1v) is 16.7. The molecule has 39 heavy (non-hydrogen) atoms. The van der Waals surface area contributed by atoms with Gasteiger partial charge in [-0.2, -0.15) is 0 Å². The molecule has 0 aliphatic carbocycles. The lowest BCUT2D eigenvalue weighted by Gasteiger charge is -2.44. The Labute approximate surface area is 233 Å². The molecule has 7 heteroatoms. The van der Waals surface area contributed by atoms with Crippen LogP contribution in [-0.2, 0) is 19.0 Å². The topological polar surface area (TPSA) is 72.8 Å². The number of benzene rings is 3. The molecule has 0 saturated heterocycles. The second kappa shape index (κ2) is 12.0. The van der Waals surface area contributed by atoms with Gasteiger partial charge in [-0.25, -0.2) is 8.42 Å². The number of hydrogen-bond donors (Lipinski definition) is 1. The molecule has 3 aromatic carbocycles. The monoisotopic (exact) mass is 560 g/mol. The van der Waals surface area contributed by atoms with Crippen LogP contribution in [0.4, 0.5) is 0 Å². The molecular formula is C32H36O5SSi. The maximum absolute atomic E-state index is 13.0. The summed E-state index contributed by atoms with van der Waals surface area (Å²) in [4.78, 5) is 0.192. The van der Waals surface area contributed by atoms with E-state index in [9.17, 15) is 13.5 Å². The van der Waals surface area contributed by atoms with Crippen molar-refractivity contribution < 1.29 is 22.7 Å². The van der Waals surface area contributed by atoms with E-state index in [1.54, 1.807) is 42.5 Å². The quantitative estimate of drug-likeness (QED) is 0.244. The maximum atomic E-state index is 13.0. The first-order valence-electron chi connectivity index (χ1n) is 13.1. The fourth-order valence-electron chi connectivity index (χ4n) is 5.27. The number of aliphatic hydroxyl groups is 1. The van der Waals surface area contributed by atoms with E-state index in [1.807, 2.05) is 36.4 Å². The third-order valence-corrected chi connectivity index (χ3v) is 14.0. The van der Waals surface area contributed by atoms with Crippen LogP contribution in [0.5, 0.6) is 0 Å². The van der Waals surface area contributed by atoms with Crippen LogP contribution in [0.3, 0.4) is 0 Å². The number of aliphatic hydroxyl groups excluding tert-OH is 1. The van der Waals surface area contributed by atoms with Gasteiger partial charge in [-0.3, -0.25) is 0 Å². The largest absolute Gasteiger partial charge is 0.404 e. The Kier molecular flexibility index (Phi) is 8.95. The summed E-state index contributed by atoms with van der Waals surface area (Å²) < 4.78 is 39.3. The Balaban J connectivity index is 1.60. The molecule has 0 bridgehead atoms. The van der Waals surface area contributed by atoms with Crippen molar-refractivity contribution in [2.24, 2.45) is 5.92 Å². The molecule has 3 aromatic rings. The highest BCUT2D eigenvalue weighted by atomic mass is 32.2. The van der Waals surface area contributed by atoms with Gasteiger partial charge < -0.3 is 14.3 Å². The van der Waals surface area contributed by atoms with E-state index < -0.39 is 42.4 Å². The number of terminal acetylenes is 1. The number of sulfone groups is 1. The predicted molar refractivity (Wildman–Crippen MR) is 158 cm³/mol. The molecule has 1 aliphatic rings. The summed E-state index contributed by atoms with van der Waals surface area (Å²) in [5.41, 5.74) is 0. The smallest absolute Gasteiger partial charge is 0.261 e. The van der Waals surface area contributed by atoms with Gasteiger partial charge in [-0.15, -0.1) is 6.42 Å². The van der Waals surface area contributed by atoms with Crippen molar-refractivity contribution in [3.05, 3.63) is 103 Å². The molecule has 1 heterocycles. The Bertz CT molecular complexity index is 1350. The molecule has 204 valence electrons. The lowest BCUT2D eigenvalue weighted by atomic mass is 9.97. The molecule has 5 nitrogen and oxygen atoms in total. The zero-order valence-electron chi connectivity index (χ0n) is 22.6. The highest BCUT2D eigenvalue weighted by molar-refractivity contribution is 7.91. The summed E-state index contributed by atoms with van der Waals surface area (Å²) in [6, 6.07) is 28.8. The lowest BCUT2D eigenvalue weighted by Crippen LogP contribution is -2.67. The minimum atomic E-state index is -3.67. The summed E-state index contributed by atoms with van der Waals surface area (Å²) in [6.07, 6.45) is 6.79. The third kappa shape index (κ3) is 6.27. The molecule has 0 fully saturated rings. The molecule has 0 aromatic heterocycles. The van der Waals surface area contributed by atoms with Crippen LogP contribution in [0.25, 0.3) is 0 Å². The molecule has 0 radical (unpaired) electrons. The van der Waals surface area contributed by atoms with Crippen LogP contribution in [-0.4, -0.2) is 52.5 Å². The number of hydrogen-bond acceptors (Lipinski definition) is 5. The summed E-state index contributed by atoms with van der Waals surface area (Å²) in [5, 5.41) is 12.8. The van der Waals surface area contributed by atoms with E-state index in [0.29, 0.717) is 0 Å². The van der Waals surface area contributed by atoms with E-state index in [1.165, 1.54) is 0 Å². The van der Waals surface area contributed by atoms with Crippen molar-refractivity contribution in [1.29, 1.82) is 0 Å². The van der Waals surface area contributed by atoms with Crippen LogP contribution in [0.15, 0.2) is 108 Å². The molecule has 1 aliphatic heterocycles. The highest BCUT2D eigenvalue weighted by Crippen LogP contribution is 2.37. The van der Waals surface area contributed by atoms with E-state index in [0.717, 1.165) is 10.4 Å². The third-order valence-electron chi connectivity index (χ3n) is 7.18. The molecule has 0 amide bonds. The normalized spacial score (nSPS) is 20.7. The zero-order valence-corrected chi connectivity index (χ0v) is 24.4. The van der Waals surface area contributed by atoms with E-state index in [4.69, 9.17) is 15.6 Å². The average Bonchev–Trinajstić information content (AvgIpc) is 2.94. The predicted octanol–water partition coefficient (Wildman–Crippen LogP) is 3.97. The fraction of sp³-hybridized carbons (Fsp3) is 0.312. The summed E-state index contributed by atoms with van der Waals surface area (Å²) in [7, 11) is -6.47. The van der Waals surface area contributed by atoms with Gasteiger partial charge in [0.05, 0.1) is 35.4 Å². The maximum Gasteiger partial charge on any atom is 0.261 e. The van der Waals surface area contributed by atoms with Gasteiger partial charge in [0.25, 0.3) is 8.32 Å². The van der Waals surface area contributed by atoms with Crippen molar-refractivity contribution in [1.82, 2.24) is 0 Å². The minimum absolute atomic E-state index is 0.192. The van der Waals surface area contributed by atoms with Gasteiger partial charge >= 0.3 is 0 Å². The van der Waals surface area contributed by atoms with Gasteiger partial charge in [0.15, 0.2) is 9.84 Å².